The average molecular weight is 185 g/mol. The molecule has 2 heterocycles. The highest BCUT2D eigenvalue weighted by Gasteiger charge is 2.11. The quantitative estimate of drug-likeness (QED) is 0.615. The molecule has 0 unspecified atom stereocenters. The summed E-state index contributed by atoms with van der Waals surface area (Å²) >= 11 is 0. The summed E-state index contributed by atoms with van der Waals surface area (Å²) in [4.78, 5) is 11.6. The van der Waals surface area contributed by atoms with Crippen LogP contribution in [0.1, 0.15) is 12.0 Å². The van der Waals surface area contributed by atoms with Gasteiger partial charge in [-0.05, 0) is 24.5 Å². The molecule has 1 aliphatic heterocycles. The molecule has 0 fully saturated rings. The molecule has 0 amide bonds. The predicted octanol–water partition coefficient (Wildman–Crippen LogP) is 1.95. The SMILES string of the molecule is O=c1ccn2c3c(cccc13)CCC2. The summed E-state index contributed by atoms with van der Waals surface area (Å²) < 4.78 is 2.19. The maximum absolute atomic E-state index is 11.6. The summed E-state index contributed by atoms with van der Waals surface area (Å²) in [5.41, 5.74) is 2.60. The van der Waals surface area contributed by atoms with Crippen molar-refractivity contribution in [2.45, 2.75) is 19.4 Å². The van der Waals surface area contributed by atoms with Crippen molar-refractivity contribution >= 4 is 10.9 Å². The molecule has 2 aromatic rings. The number of hydrogen-bond donors (Lipinski definition) is 0. The topological polar surface area (TPSA) is 22.0 Å². The summed E-state index contributed by atoms with van der Waals surface area (Å²) in [7, 11) is 0. The van der Waals surface area contributed by atoms with E-state index in [0.29, 0.717) is 0 Å². The third-order valence-electron chi connectivity index (χ3n) is 2.92. The van der Waals surface area contributed by atoms with E-state index in [4.69, 9.17) is 0 Å². The molecule has 0 saturated heterocycles. The third kappa shape index (κ3) is 0.939. The smallest absolute Gasteiger partial charge is 0.189 e. The van der Waals surface area contributed by atoms with Gasteiger partial charge in [0.15, 0.2) is 5.43 Å². The summed E-state index contributed by atoms with van der Waals surface area (Å²) in [6.07, 6.45) is 4.18. The molecule has 0 saturated carbocycles. The number of para-hydroxylation sites is 1. The van der Waals surface area contributed by atoms with E-state index in [9.17, 15) is 4.79 Å². The standard InChI is InChI=1S/C12H11NO/c14-11-6-8-13-7-2-4-9-3-1-5-10(11)12(9)13/h1,3,5-6,8H,2,4,7H2. The average Bonchev–Trinajstić information content (AvgIpc) is 2.24. The molecule has 0 bridgehead atoms. The van der Waals surface area contributed by atoms with E-state index in [1.54, 1.807) is 6.07 Å². The maximum Gasteiger partial charge on any atom is 0.189 e. The molecule has 1 aromatic carbocycles. The molecule has 0 aliphatic carbocycles. The first-order valence-corrected chi connectivity index (χ1v) is 4.97. The Kier molecular flexibility index (Phi) is 1.51. The summed E-state index contributed by atoms with van der Waals surface area (Å²) in [6.45, 7) is 1.04. The van der Waals surface area contributed by atoms with Crippen molar-refractivity contribution in [3.63, 3.8) is 0 Å². The van der Waals surface area contributed by atoms with Crippen molar-refractivity contribution in [2.24, 2.45) is 0 Å². The van der Waals surface area contributed by atoms with Crippen LogP contribution < -0.4 is 5.43 Å². The van der Waals surface area contributed by atoms with E-state index in [1.807, 2.05) is 18.3 Å². The minimum Gasteiger partial charge on any atom is -0.347 e. The molecule has 70 valence electrons. The second kappa shape index (κ2) is 2.71. The van der Waals surface area contributed by atoms with E-state index in [0.717, 1.165) is 23.9 Å². The second-order valence-corrected chi connectivity index (χ2v) is 3.79. The van der Waals surface area contributed by atoms with Crippen LogP contribution in [0.2, 0.25) is 0 Å². The first kappa shape index (κ1) is 7.80. The van der Waals surface area contributed by atoms with Gasteiger partial charge in [0.2, 0.25) is 0 Å². The van der Waals surface area contributed by atoms with Crippen LogP contribution in [-0.2, 0) is 13.0 Å². The molecular formula is C12H11NO. The highest BCUT2D eigenvalue weighted by atomic mass is 16.1. The Morgan fingerprint density at radius 1 is 1.21 bits per heavy atom. The lowest BCUT2D eigenvalue weighted by molar-refractivity contribution is 0.630. The van der Waals surface area contributed by atoms with Gasteiger partial charge >= 0.3 is 0 Å². The number of benzene rings is 1. The Bertz CT molecular complexity index is 543. The van der Waals surface area contributed by atoms with E-state index >= 15 is 0 Å². The normalized spacial score (nSPS) is 14.6. The van der Waals surface area contributed by atoms with Crippen LogP contribution >= 0.6 is 0 Å². The fraction of sp³-hybridized carbons (Fsp3) is 0.250. The Labute approximate surface area is 81.8 Å². The lowest BCUT2D eigenvalue weighted by Gasteiger charge is -2.18. The number of hydrogen-bond acceptors (Lipinski definition) is 1. The molecular weight excluding hydrogens is 174 g/mol. The van der Waals surface area contributed by atoms with E-state index < -0.39 is 0 Å². The van der Waals surface area contributed by atoms with Gasteiger partial charge in [-0.2, -0.15) is 0 Å². The van der Waals surface area contributed by atoms with Gasteiger partial charge in [-0.25, -0.2) is 0 Å². The monoisotopic (exact) mass is 185 g/mol. The molecule has 0 atom stereocenters. The Hall–Kier alpha value is -1.57. The van der Waals surface area contributed by atoms with Crippen LogP contribution in [0, 0.1) is 0 Å². The van der Waals surface area contributed by atoms with Gasteiger partial charge in [0.25, 0.3) is 0 Å². The highest BCUT2D eigenvalue weighted by Crippen LogP contribution is 2.21. The van der Waals surface area contributed by atoms with Gasteiger partial charge in [-0.3, -0.25) is 4.79 Å². The first-order valence-electron chi connectivity index (χ1n) is 4.97. The molecule has 14 heavy (non-hydrogen) atoms. The molecule has 2 nitrogen and oxygen atoms in total. The molecule has 0 N–H and O–H groups in total. The fourth-order valence-electron chi connectivity index (χ4n) is 2.28. The largest absolute Gasteiger partial charge is 0.347 e. The van der Waals surface area contributed by atoms with Crippen LogP contribution in [0.15, 0.2) is 35.3 Å². The summed E-state index contributed by atoms with van der Waals surface area (Å²) in [5, 5.41) is 0.865. The van der Waals surface area contributed by atoms with Gasteiger partial charge in [-0.1, -0.05) is 12.1 Å². The fourth-order valence-corrected chi connectivity index (χ4v) is 2.28. The predicted molar refractivity (Wildman–Crippen MR) is 56.5 cm³/mol. The zero-order valence-electron chi connectivity index (χ0n) is 7.86. The molecule has 1 aliphatic rings. The van der Waals surface area contributed by atoms with Crippen LogP contribution in [0.5, 0.6) is 0 Å². The molecule has 0 radical (unpaired) electrons. The van der Waals surface area contributed by atoms with Crippen molar-refractivity contribution in [2.75, 3.05) is 0 Å². The molecule has 0 spiro atoms. The zero-order chi connectivity index (χ0) is 9.54. The lowest BCUT2D eigenvalue weighted by atomic mass is 10.0. The molecule has 1 aromatic heterocycles. The van der Waals surface area contributed by atoms with Crippen molar-refractivity contribution in [1.29, 1.82) is 0 Å². The van der Waals surface area contributed by atoms with E-state index in [1.165, 1.54) is 12.0 Å². The Morgan fingerprint density at radius 3 is 3.07 bits per heavy atom. The second-order valence-electron chi connectivity index (χ2n) is 3.79. The van der Waals surface area contributed by atoms with Crippen LogP contribution in [0.25, 0.3) is 10.9 Å². The Balaban J connectivity index is 2.57. The van der Waals surface area contributed by atoms with Crippen LogP contribution in [0.3, 0.4) is 0 Å². The zero-order valence-corrected chi connectivity index (χ0v) is 7.86. The lowest BCUT2D eigenvalue weighted by Crippen LogP contribution is -2.14. The van der Waals surface area contributed by atoms with Gasteiger partial charge in [0.1, 0.15) is 0 Å². The van der Waals surface area contributed by atoms with Gasteiger partial charge in [-0.15, -0.1) is 0 Å². The van der Waals surface area contributed by atoms with E-state index in [-0.39, 0.29) is 5.43 Å². The van der Waals surface area contributed by atoms with Crippen LogP contribution in [-0.4, -0.2) is 4.57 Å². The van der Waals surface area contributed by atoms with Gasteiger partial charge in [0, 0.05) is 24.2 Å². The number of aryl methyl sites for hydroxylation is 2. The van der Waals surface area contributed by atoms with Crippen LogP contribution in [0.4, 0.5) is 0 Å². The van der Waals surface area contributed by atoms with Crippen molar-refractivity contribution in [3.05, 3.63) is 46.2 Å². The van der Waals surface area contributed by atoms with Crippen molar-refractivity contribution in [1.82, 2.24) is 4.57 Å². The number of pyridine rings is 1. The summed E-state index contributed by atoms with van der Waals surface area (Å²) in [5.74, 6) is 0. The number of rotatable bonds is 0. The third-order valence-corrected chi connectivity index (χ3v) is 2.92. The summed E-state index contributed by atoms with van der Waals surface area (Å²) in [6, 6.07) is 7.69. The minimum atomic E-state index is 0.139. The highest BCUT2D eigenvalue weighted by molar-refractivity contribution is 5.82. The first-order chi connectivity index (χ1) is 6.86. The van der Waals surface area contributed by atoms with E-state index in [2.05, 4.69) is 10.6 Å². The Morgan fingerprint density at radius 2 is 2.14 bits per heavy atom. The van der Waals surface area contributed by atoms with Crippen molar-refractivity contribution < 1.29 is 0 Å². The van der Waals surface area contributed by atoms with Crippen molar-refractivity contribution in [3.8, 4) is 0 Å². The molecule has 2 heteroatoms. The minimum absolute atomic E-state index is 0.139. The number of aromatic nitrogens is 1. The maximum atomic E-state index is 11.6. The van der Waals surface area contributed by atoms with Gasteiger partial charge < -0.3 is 4.57 Å². The number of nitrogens with zero attached hydrogens (tertiary/aromatic N) is 1. The van der Waals surface area contributed by atoms with Gasteiger partial charge in [0.05, 0.1) is 5.52 Å². The molecule has 3 rings (SSSR count).